The molecule has 0 spiro atoms. The van der Waals surface area contributed by atoms with Crippen LogP contribution in [0.15, 0.2) is 47.8 Å². The first kappa shape index (κ1) is 26.5. The fourth-order valence-electron chi connectivity index (χ4n) is 2.81. The van der Waals surface area contributed by atoms with E-state index in [1.165, 1.54) is 6.20 Å². The van der Waals surface area contributed by atoms with Gasteiger partial charge >= 0.3 is 5.20 Å². The molecule has 0 saturated heterocycles. The number of ketones is 2. The zero-order chi connectivity index (χ0) is 24.8. The number of carbonyl (C=O) groups excluding carboxylic acids is 2. The molecule has 2 aliphatic rings. The zero-order valence-electron chi connectivity index (χ0n) is 16.3. The molecule has 2 aromatic heterocycles. The Morgan fingerprint density at radius 2 is 1.30 bits per heavy atom. The van der Waals surface area contributed by atoms with Gasteiger partial charge in [0.15, 0.2) is 17.3 Å². The molecule has 0 fully saturated rings. The van der Waals surface area contributed by atoms with Crippen LogP contribution in [0.25, 0.3) is 10.8 Å². The Hall–Kier alpha value is -2.71. The number of rotatable bonds is 0. The maximum Gasteiger partial charge on any atom is 0.339 e. The third-order valence-electron chi connectivity index (χ3n) is 4.15. The van der Waals surface area contributed by atoms with Crippen LogP contribution in [-0.2, 0) is 27.0 Å². The molecular weight excluding hydrogens is 533 g/mol. The van der Waals surface area contributed by atoms with Crippen molar-refractivity contribution in [2.24, 2.45) is 0 Å². The fourth-order valence-corrected chi connectivity index (χ4v) is 3.13. The molecule has 8 nitrogen and oxygen atoms in total. The fraction of sp³-hybridized carbons (Fsp3) is 0.100. The number of Topliss-reactive ketones (excluding diaryl/α,β-unsaturated/α-hetero) is 2. The van der Waals surface area contributed by atoms with Crippen LogP contribution in [0.1, 0.15) is 22.5 Å². The Balaban J connectivity index is 0.000000195. The number of halogens is 4. The highest BCUT2D eigenvalue weighted by Crippen LogP contribution is 2.61. The highest BCUT2D eigenvalue weighted by molar-refractivity contribution is 8.24. The lowest BCUT2D eigenvalue weighted by Gasteiger charge is -2.12. The van der Waals surface area contributed by atoms with E-state index in [4.69, 9.17) is 22.1 Å². The van der Waals surface area contributed by atoms with Crippen LogP contribution in [0.3, 0.4) is 0 Å². The standard InChI is InChI=1S/C10H5ClN2O.C10H6N2O2.Cl3OP/c11-9-7(5-12)8(14)4-6-2-1-3-13-10(6)9;11-5-7-8(13)4-6-2-1-3-12-9(6)10(7)14;1-5(2,3)4/h1-3H,4H2;1-3,14H,4H2;. The second-order valence-corrected chi connectivity index (χ2v) is 13.3. The summed E-state index contributed by atoms with van der Waals surface area (Å²) in [6, 6.07) is 10.4. The number of fused-ring (bicyclic) bond motifs is 2. The molecule has 0 saturated carbocycles. The van der Waals surface area contributed by atoms with Crippen molar-refractivity contribution in [1.82, 2.24) is 9.97 Å². The van der Waals surface area contributed by atoms with E-state index in [1.807, 2.05) is 0 Å². The minimum atomic E-state index is -3.22. The highest BCUT2D eigenvalue weighted by Gasteiger charge is 2.26. The first-order valence-electron chi connectivity index (χ1n) is 8.75. The van der Waals surface area contributed by atoms with Gasteiger partial charge in [0.25, 0.3) is 0 Å². The van der Waals surface area contributed by atoms with Crippen molar-refractivity contribution >= 4 is 72.9 Å². The number of aliphatic hydroxyl groups is 1. The normalized spacial score (nSPS) is 14.5. The Labute approximate surface area is 207 Å². The highest BCUT2D eigenvalue weighted by atomic mass is 36.0. The summed E-state index contributed by atoms with van der Waals surface area (Å²) in [6.45, 7) is 0. The maximum atomic E-state index is 11.4. The van der Waals surface area contributed by atoms with E-state index in [9.17, 15) is 19.3 Å². The van der Waals surface area contributed by atoms with Gasteiger partial charge in [-0.2, -0.15) is 10.5 Å². The summed E-state index contributed by atoms with van der Waals surface area (Å²) >= 11 is 19.7. The van der Waals surface area contributed by atoms with Crippen molar-refractivity contribution in [3.8, 4) is 12.1 Å². The zero-order valence-corrected chi connectivity index (χ0v) is 20.2. The topological polar surface area (TPSA) is 145 Å². The summed E-state index contributed by atoms with van der Waals surface area (Å²) in [5.74, 6) is -0.900. The SMILES string of the molecule is N#CC1=C(Cl)c2ncccc2CC1=O.N#CC1=C(O)c2ncccc2CC1=O.O=P(Cl)(Cl)Cl. The number of aromatic nitrogens is 2. The van der Waals surface area contributed by atoms with Gasteiger partial charge in [-0.25, -0.2) is 0 Å². The Morgan fingerprint density at radius 1 is 0.879 bits per heavy atom. The Bertz CT molecular complexity index is 1220. The molecule has 0 aromatic carbocycles. The van der Waals surface area contributed by atoms with E-state index in [1.54, 1.807) is 42.6 Å². The predicted molar refractivity (Wildman–Crippen MR) is 125 cm³/mol. The van der Waals surface area contributed by atoms with E-state index < -0.39 is 5.20 Å². The molecule has 0 unspecified atom stereocenters. The molecule has 2 aliphatic carbocycles. The molecule has 13 heteroatoms. The van der Waals surface area contributed by atoms with Gasteiger partial charge in [-0.3, -0.25) is 24.1 Å². The molecule has 0 amide bonds. The second-order valence-electron chi connectivity index (χ2n) is 6.26. The van der Waals surface area contributed by atoms with Gasteiger partial charge in [0, 0.05) is 25.2 Å². The minimum Gasteiger partial charge on any atom is -0.504 e. The summed E-state index contributed by atoms with van der Waals surface area (Å²) in [6.07, 6.45) is 3.45. The number of allylic oxidation sites excluding steroid dienone is 2. The molecule has 168 valence electrons. The largest absolute Gasteiger partial charge is 0.504 e. The summed E-state index contributed by atoms with van der Waals surface area (Å²) < 4.78 is 9.51. The first-order valence-corrected chi connectivity index (χ1v) is 13.5. The summed E-state index contributed by atoms with van der Waals surface area (Å²) in [7, 11) is 0. The third-order valence-corrected chi connectivity index (χ3v) is 4.52. The molecule has 0 bridgehead atoms. The van der Waals surface area contributed by atoms with Crippen molar-refractivity contribution < 1.29 is 19.3 Å². The third kappa shape index (κ3) is 7.14. The first-order chi connectivity index (χ1) is 15.5. The molecule has 33 heavy (non-hydrogen) atoms. The molecule has 2 aromatic rings. The van der Waals surface area contributed by atoms with Crippen LogP contribution in [0.5, 0.6) is 0 Å². The monoisotopic (exact) mass is 542 g/mol. The Kier molecular flexibility index (Phi) is 9.19. The van der Waals surface area contributed by atoms with E-state index >= 15 is 0 Å². The van der Waals surface area contributed by atoms with Gasteiger partial charge in [0.1, 0.15) is 29.0 Å². The number of hydrogen-bond acceptors (Lipinski definition) is 8. The van der Waals surface area contributed by atoms with E-state index in [0.717, 1.165) is 5.56 Å². The number of nitrogens with zero attached hydrogens (tertiary/aromatic N) is 4. The number of carbonyl (C=O) groups is 2. The number of aliphatic hydroxyl groups excluding tert-OH is 1. The average molecular weight is 544 g/mol. The van der Waals surface area contributed by atoms with E-state index in [-0.39, 0.29) is 46.3 Å². The van der Waals surface area contributed by atoms with E-state index in [2.05, 4.69) is 43.7 Å². The predicted octanol–water partition coefficient (Wildman–Crippen LogP) is 5.49. The van der Waals surface area contributed by atoms with Crippen molar-refractivity contribution in [2.45, 2.75) is 12.8 Å². The molecular formula is C20H11Cl4N4O4P. The van der Waals surface area contributed by atoms with Crippen LogP contribution in [0, 0.1) is 22.7 Å². The summed E-state index contributed by atoms with van der Waals surface area (Å²) in [5, 5.41) is 23.9. The van der Waals surface area contributed by atoms with Crippen LogP contribution < -0.4 is 0 Å². The van der Waals surface area contributed by atoms with Gasteiger partial charge < -0.3 is 5.11 Å². The summed E-state index contributed by atoms with van der Waals surface area (Å²) in [4.78, 5) is 30.7. The molecule has 4 rings (SSSR count). The van der Waals surface area contributed by atoms with Crippen molar-refractivity contribution in [1.29, 1.82) is 10.5 Å². The number of nitriles is 2. The van der Waals surface area contributed by atoms with Crippen LogP contribution in [0.2, 0.25) is 0 Å². The molecule has 2 heterocycles. The van der Waals surface area contributed by atoms with E-state index in [0.29, 0.717) is 17.0 Å². The second kappa shape index (κ2) is 11.4. The number of pyridine rings is 2. The maximum absolute atomic E-state index is 11.4. The smallest absolute Gasteiger partial charge is 0.339 e. The van der Waals surface area contributed by atoms with Gasteiger partial charge in [0.2, 0.25) is 0 Å². The number of hydrogen-bond donors (Lipinski definition) is 1. The molecule has 1 N–H and O–H groups in total. The van der Waals surface area contributed by atoms with Crippen molar-refractivity contribution in [3.63, 3.8) is 0 Å². The minimum absolute atomic E-state index is 0.0119. The van der Waals surface area contributed by atoms with Crippen LogP contribution in [-0.4, -0.2) is 26.6 Å². The van der Waals surface area contributed by atoms with Crippen LogP contribution in [0.4, 0.5) is 0 Å². The van der Waals surface area contributed by atoms with Gasteiger partial charge in [-0.05, 0) is 57.0 Å². The average Bonchev–Trinajstić information content (AvgIpc) is 2.74. The molecule has 0 radical (unpaired) electrons. The lowest BCUT2D eigenvalue weighted by atomic mass is 9.94. The molecule has 0 aliphatic heterocycles. The molecule has 0 atom stereocenters. The lowest BCUT2D eigenvalue weighted by molar-refractivity contribution is -0.115. The van der Waals surface area contributed by atoms with Gasteiger partial charge in [-0.15, -0.1) is 0 Å². The van der Waals surface area contributed by atoms with Gasteiger partial charge in [-0.1, -0.05) is 23.7 Å². The summed E-state index contributed by atoms with van der Waals surface area (Å²) in [5.41, 5.74) is 2.14. The van der Waals surface area contributed by atoms with Crippen molar-refractivity contribution in [3.05, 3.63) is 70.3 Å². The van der Waals surface area contributed by atoms with Gasteiger partial charge in [0.05, 0.1) is 10.7 Å². The Morgan fingerprint density at radius 3 is 1.79 bits per heavy atom. The van der Waals surface area contributed by atoms with Crippen molar-refractivity contribution in [2.75, 3.05) is 0 Å². The quantitative estimate of drug-likeness (QED) is 0.429. The van der Waals surface area contributed by atoms with Crippen LogP contribution >= 0.6 is 50.5 Å². The lowest BCUT2D eigenvalue weighted by Crippen LogP contribution is -2.15.